The van der Waals surface area contributed by atoms with Gasteiger partial charge in [-0.15, -0.1) is 11.3 Å². The highest BCUT2D eigenvalue weighted by atomic mass is 32.1. The van der Waals surface area contributed by atoms with Gasteiger partial charge in [0.05, 0.1) is 21.3 Å². The number of aromatic nitrogens is 1. The summed E-state index contributed by atoms with van der Waals surface area (Å²) in [6.45, 7) is 0. The van der Waals surface area contributed by atoms with Gasteiger partial charge in [0.1, 0.15) is 16.3 Å². The van der Waals surface area contributed by atoms with Crippen molar-refractivity contribution in [1.29, 1.82) is 0 Å². The van der Waals surface area contributed by atoms with Gasteiger partial charge in [-0.3, -0.25) is 4.79 Å². The molecule has 0 spiro atoms. The zero-order chi connectivity index (χ0) is 28.5. The van der Waals surface area contributed by atoms with Crippen LogP contribution in [-0.4, -0.2) is 30.5 Å². The zero-order valence-corrected chi connectivity index (χ0v) is 23.1. The number of nitrogens with zero attached hydrogens (tertiary/aromatic N) is 1. The number of nitrogens with one attached hydrogen (secondary N) is 2. The Labute approximate surface area is 253 Å². The van der Waals surface area contributed by atoms with E-state index in [-0.39, 0.29) is 26.2 Å². The first-order valence-electron chi connectivity index (χ1n) is 12.9. The van der Waals surface area contributed by atoms with Crippen molar-refractivity contribution in [2.45, 2.75) is 14.9 Å². The summed E-state index contributed by atoms with van der Waals surface area (Å²) >= 11 is 1.50. The molecule has 0 atom stereocenters. The molecule has 7 rings (SSSR count). The third kappa shape index (κ3) is 6.05. The van der Waals surface area contributed by atoms with Crippen LogP contribution in [-0.2, 0) is 0 Å². The van der Waals surface area contributed by atoms with E-state index >= 15 is 0 Å². The van der Waals surface area contributed by atoms with Gasteiger partial charge in [-0.2, -0.15) is 0 Å². The maximum Gasteiger partial charge on any atom is 0.346 e. The number of phenolic OH excluding ortho intramolecular Hbond substituents is 1. The summed E-state index contributed by atoms with van der Waals surface area (Å²) in [5, 5.41) is 21.2. The fourth-order valence-electron chi connectivity index (χ4n) is 4.71. The summed E-state index contributed by atoms with van der Waals surface area (Å²) < 4.78 is 6.67. The molecule has 2 heterocycles. The van der Waals surface area contributed by atoms with Gasteiger partial charge in [-0.25, -0.2) is 9.78 Å². The molecule has 7 aromatic rings. The van der Waals surface area contributed by atoms with Crippen LogP contribution in [0, 0.1) is 0 Å². The van der Waals surface area contributed by atoms with Gasteiger partial charge in [0, 0.05) is 30.9 Å². The summed E-state index contributed by atoms with van der Waals surface area (Å²) in [7, 11) is 3.72. The van der Waals surface area contributed by atoms with Crippen LogP contribution in [0.5, 0.6) is 5.75 Å². The molecule has 7 nitrogen and oxygen atoms in total. The van der Waals surface area contributed by atoms with Gasteiger partial charge in [0.15, 0.2) is 6.29 Å². The van der Waals surface area contributed by atoms with Gasteiger partial charge >= 0.3 is 5.63 Å². The lowest BCUT2D eigenvalue weighted by Gasteiger charge is -2.05. The number of benzene rings is 5. The summed E-state index contributed by atoms with van der Waals surface area (Å²) in [5.41, 5.74) is 3.93. The molecule has 3 N–H and O–H groups in total. The van der Waals surface area contributed by atoms with Gasteiger partial charge < -0.3 is 20.2 Å². The molecule has 0 aliphatic carbocycles. The fourth-order valence-corrected chi connectivity index (χ4v) is 5.68. The number of phenols is 1. The molecule has 0 radical (unpaired) electrons. The Bertz CT molecular complexity index is 2120. The molecule has 5 aromatic carbocycles. The number of carbonyl (C=O) groups is 1. The first-order chi connectivity index (χ1) is 19.9. The summed E-state index contributed by atoms with van der Waals surface area (Å²) in [6.07, 6.45) is 0.654. The lowest BCUT2D eigenvalue weighted by molar-refractivity contribution is 0.112. The van der Waals surface area contributed by atoms with E-state index in [9.17, 15) is 14.7 Å². The van der Waals surface area contributed by atoms with Crippen molar-refractivity contribution in [2.24, 2.45) is 0 Å². The average molecular weight is 592 g/mol. The molecule has 0 aliphatic heterocycles. The molecule has 0 saturated carbocycles. The summed E-state index contributed by atoms with van der Waals surface area (Å²) in [4.78, 5) is 27.8. The highest BCUT2D eigenvalue weighted by Crippen LogP contribution is 2.31. The Kier molecular flexibility index (Phi) is 9.12. The number of hydrogen-bond acceptors (Lipinski definition) is 8. The molecule has 0 aliphatic rings. The van der Waals surface area contributed by atoms with Gasteiger partial charge in [-0.05, 0) is 88.3 Å². The molecule has 0 amide bonds. The standard InChI is InChI=1S/C21H14N2O2S.C12H11NO2.2CH4/c1-22-15-7-6-12-8-14-10-16(21(24)25-18(14)11-13(12)9-15)20-23-17-4-2-3-5-19(17)26-20;1-13-11-3-2-8-4-10(7-14)12(15)6-9(8)5-11;;/h2-11,22H,1H3;2-7,13,15H,1H3;2*1H4. The quantitative estimate of drug-likeness (QED) is 0.107. The van der Waals surface area contributed by atoms with Crippen molar-refractivity contribution in [2.75, 3.05) is 24.7 Å². The molecular weight excluding hydrogens is 558 g/mol. The third-order valence-corrected chi connectivity index (χ3v) is 7.98. The van der Waals surface area contributed by atoms with Crippen LogP contribution in [0.3, 0.4) is 0 Å². The highest BCUT2D eigenvalue weighted by Gasteiger charge is 2.13. The minimum atomic E-state index is -0.360. The van der Waals surface area contributed by atoms with Crippen molar-refractivity contribution in [3.63, 3.8) is 0 Å². The second kappa shape index (κ2) is 12.8. The number of anilines is 2. The molecule has 0 fully saturated rings. The number of aromatic hydroxyl groups is 1. The van der Waals surface area contributed by atoms with Gasteiger partial charge in [0.2, 0.25) is 0 Å². The topological polar surface area (TPSA) is 104 Å². The van der Waals surface area contributed by atoms with Crippen molar-refractivity contribution in [3.8, 4) is 16.3 Å². The molecule has 2 aromatic heterocycles. The summed E-state index contributed by atoms with van der Waals surface area (Å²) in [6, 6.07) is 28.9. The zero-order valence-electron chi connectivity index (χ0n) is 22.3. The SMILES string of the molecule is C.C.CNc1ccc2cc(C=O)c(O)cc2c1.CNc1ccc2cc3cc(-c4nc5ccccc5s4)c(=O)oc3cc2c1. The van der Waals surface area contributed by atoms with Crippen molar-refractivity contribution < 1.29 is 14.3 Å². The Morgan fingerprint density at radius 3 is 2.07 bits per heavy atom. The molecule has 0 saturated heterocycles. The predicted octanol–water partition coefficient (Wildman–Crippen LogP) is 8.94. The third-order valence-electron chi connectivity index (χ3n) is 6.91. The minimum Gasteiger partial charge on any atom is -0.507 e. The molecule has 0 bridgehead atoms. The van der Waals surface area contributed by atoms with E-state index < -0.39 is 0 Å². The maximum atomic E-state index is 12.6. The van der Waals surface area contributed by atoms with Crippen molar-refractivity contribution >= 4 is 71.7 Å². The Morgan fingerprint density at radius 1 is 0.767 bits per heavy atom. The number of aldehydes is 1. The number of thiazole rings is 1. The van der Waals surface area contributed by atoms with Crippen LogP contribution in [0.1, 0.15) is 25.2 Å². The van der Waals surface area contributed by atoms with Crippen LogP contribution in [0.15, 0.2) is 100 Å². The molecule has 8 heteroatoms. The number of para-hydroxylation sites is 1. The van der Waals surface area contributed by atoms with E-state index in [0.717, 1.165) is 48.5 Å². The van der Waals surface area contributed by atoms with E-state index in [0.29, 0.717) is 28.0 Å². The number of carbonyl (C=O) groups excluding carboxylic acids is 1. The van der Waals surface area contributed by atoms with Crippen LogP contribution in [0.4, 0.5) is 11.4 Å². The van der Waals surface area contributed by atoms with Crippen LogP contribution in [0.2, 0.25) is 0 Å². The molecule has 218 valence electrons. The Hall–Kier alpha value is -5.21. The average Bonchev–Trinajstić information content (AvgIpc) is 3.43. The second-order valence-corrected chi connectivity index (χ2v) is 10.5. The van der Waals surface area contributed by atoms with E-state index in [4.69, 9.17) is 4.42 Å². The Balaban J connectivity index is 0.000000215. The van der Waals surface area contributed by atoms with Crippen LogP contribution >= 0.6 is 11.3 Å². The first kappa shape index (κ1) is 30.7. The maximum absolute atomic E-state index is 12.6. The highest BCUT2D eigenvalue weighted by molar-refractivity contribution is 7.21. The molecular formula is C35H33N3O4S. The summed E-state index contributed by atoms with van der Waals surface area (Å²) in [5.74, 6) is 0.0192. The van der Waals surface area contributed by atoms with Crippen LogP contribution in [0.25, 0.3) is 53.3 Å². The first-order valence-corrected chi connectivity index (χ1v) is 13.7. The van der Waals surface area contributed by atoms with E-state index in [2.05, 4.69) is 21.7 Å². The number of rotatable bonds is 4. The number of hydrogen-bond donors (Lipinski definition) is 3. The monoisotopic (exact) mass is 591 g/mol. The minimum absolute atomic E-state index is 0. The van der Waals surface area contributed by atoms with E-state index in [1.165, 1.54) is 11.3 Å². The normalized spacial score (nSPS) is 10.5. The molecule has 0 unspecified atom stereocenters. The second-order valence-electron chi connectivity index (χ2n) is 9.48. The number of fused-ring (bicyclic) bond motifs is 4. The lowest BCUT2D eigenvalue weighted by atomic mass is 10.1. The van der Waals surface area contributed by atoms with Crippen molar-refractivity contribution in [1.82, 2.24) is 4.98 Å². The predicted molar refractivity (Wildman–Crippen MR) is 182 cm³/mol. The van der Waals surface area contributed by atoms with E-state index in [1.54, 1.807) is 12.1 Å². The largest absolute Gasteiger partial charge is 0.507 e. The van der Waals surface area contributed by atoms with Gasteiger partial charge in [-0.1, -0.05) is 39.1 Å². The lowest BCUT2D eigenvalue weighted by Crippen LogP contribution is -2.02. The van der Waals surface area contributed by atoms with Crippen LogP contribution < -0.4 is 16.3 Å². The fraction of sp³-hybridized carbons (Fsp3) is 0.114. The van der Waals surface area contributed by atoms with Crippen molar-refractivity contribution in [3.05, 3.63) is 107 Å². The smallest absolute Gasteiger partial charge is 0.346 e. The Morgan fingerprint density at radius 2 is 1.42 bits per heavy atom. The van der Waals surface area contributed by atoms with Gasteiger partial charge in [0.25, 0.3) is 0 Å². The molecule has 43 heavy (non-hydrogen) atoms. The van der Waals surface area contributed by atoms with E-state index in [1.807, 2.05) is 86.9 Å².